The summed E-state index contributed by atoms with van der Waals surface area (Å²) >= 11 is 0. The highest BCUT2D eigenvalue weighted by Crippen LogP contribution is 2.11. The Labute approximate surface area is 188 Å². The third-order valence-electron chi connectivity index (χ3n) is 5.51. The quantitative estimate of drug-likeness (QED) is 0.186. The third-order valence-corrected chi connectivity index (χ3v) is 5.51. The molecule has 0 aliphatic rings. The molecule has 0 rings (SSSR count). The second-order valence-electron chi connectivity index (χ2n) is 8.51. The van der Waals surface area contributed by atoms with Gasteiger partial charge >= 0.3 is 0 Å². The van der Waals surface area contributed by atoms with Gasteiger partial charge in [-0.2, -0.15) is 0 Å². The lowest BCUT2D eigenvalue weighted by Gasteiger charge is -2.01. The Morgan fingerprint density at radius 3 is 0.655 bits per heavy atom. The van der Waals surface area contributed by atoms with Crippen LogP contribution in [0.1, 0.15) is 176 Å². The monoisotopic (exact) mass is 413 g/mol. The number of nitrogens with two attached hydrogens (primary N) is 1. The molecule has 0 atom stereocenters. The van der Waals surface area contributed by atoms with E-state index in [2.05, 4.69) is 20.8 Å². The van der Waals surface area contributed by atoms with Crippen LogP contribution in [-0.2, 0) is 0 Å². The normalized spacial score (nSPS) is 10.1. The van der Waals surface area contributed by atoms with Crippen molar-refractivity contribution in [3.63, 3.8) is 0 Å². The Balaban J connectivity index is -0.000000430. The molecule has 0 aliphatic heterocycles. The Bertz CT molecular complexity index is 192. The second kappa shape index (κ2) is 38.6. The summed E-state index contributed by atoms with van der Waals surface area (Å²) in [4.78, 5) is 0. The molecule has 0 aliphatic carbocycles. The Kier molecular flexibility index (Phi) is 44.7. The van der Waals surface area contributed by atoms with Crippen LogP contribution in [-0.4, -0.2) is 6.54 Å². The van der Waals surface area contributed by atoms with Crippen molar-refractivity contribution >= 4 is 0 Å². The lowest BCUT2D eigenvalue weighted by Crippen LogP contribution is -1.97. The first-order chi connectivity index (χ1) is 14.3. The van der Waals surface area contributed by atoms with Gasteiger partial charge in [-0.05, 0) is 13.0 Å². The van der Waals surface area contributed by atoms with E-state index in [9.17, 15) is 0 Å². The maximum Gasteiger partial charge on any atom is -0.00773 e. The van der Waals surface area contributed by atoms with Crippen LogP contribution in [0.5, 0.6) is 0 Å². The fourth-order valence-corrected chi connectivity index (χ4v) is 3.55. The molecule has 0 saturated carbocycles. The van der Waals surface area contributed by atoms with Gasteiger partial charge in [0.25, 0.3) is 0 Å². The van der Waals surface area contributed by atoms with Crippen molar-refractivity contribution in [1.82, 2.24) is 0 Å². The fourth-order valence-electron chi connectivity index (χ4n) is 3.55. The van der Waals surface area contributed by atoms with Crippen molar-refractivity contribution in [3.05, 3.63) is 0 Å². The molecule has 180 valence electrons. The molecule has 0 saturated heterocycles. The Morgan fingerprint density at radius 2 is 0.483 bits per heavy atom. The van der Waals surface area contributed by atoms with Crippen molar-refractivity contribution in [1.29, 1.82) is 0 Å². The Morgan fingerprint density at radius 1 is 0.310 bits per heavy atom. The van der Waals surface area contributed by atoms with E-state index in [1.165, 1.54) is 141 Å². The van der Waals surface area contributed by atoms with Crippen molar-refractivity contribution in [3.8, 4) is 0 Å². The molecule has 0 aromatic rings. The average molecular weight is 414 g/mol. The first-order valence-corrected chi connectivity index (χ1v) is 14.0. The summed E-state index contributed by atoms with van der Waals surface area (Å²) in [5.74, 6) is 0. The Hall–Kier alpha value is -0.0400. The minimum absolute atomic E-state index is 0.872. The summed E-state index contributed by atoms with van der Waals surface area (Å²) in [6.45, 7) is 11.7. The van der Waals surface area contributed by atoms with Gasteiger partial charge in [0.1, 0.15) is 0 Å². The minimum Gasteiger partial charge on any atom is -0.330 e. The van der Waals surface area contributed by atoms with Crippen LogP contribution >= 0.6 is 0 Å². The standard InChI is InChI=1S/C13H29N.C13H28.C2H6/c1-2-3-4-5-6-7-8-9-10-11-12-13-14;1-3-5-7-9-11-13-12-10-8-6-4-2;1-2/h2-14H2,1H3;3-13H2,1-2H3;1-2H3. The van der Waals surface area contributed by atoms with Crippen molar-refractivity contribution in [2.24, 2.45) is 5.73 Å². The summed E-state index contributed by atoms with van der Waals surface area (Å²) < 4.78 is 0. The molecule has 0 unspecified atom stereocenters. The van der Waals surface area contributed by atoms with E-state index in [0.717, 1.165) is 6.54 Å². The largest absolute Gasteiger partial charge is 0.330 e. The lowest BCUT2D eigenvalue weighted by molar-refractivity contribution is 0.551. The summed E-state index contributed by atoms with van der Waals surface area (Å²) in [5, 5.41) is 0. The van der Waals surface area contributed by atoms with Gasteiger partial charge in [-0.25, -0.2) is 0 Å². The highest BCUT2D eigenvalue weighted by molar-refractivity contribution is 4.48. The van der Waals surface area contributed by atoms with Crippen LogP contribution in [0.3, 0.4) is 0 Å². The molecular formula is C28H63N. The maximum absolute atomic E-state index is 5.44. The van der Waals surface area contributed by atoms with E-state index in [0.29, 0.717) is 0 Å². The van der Waals surface area contributed by atoms with Crippen LogP contribution in [0.25, 0.3) is 0 Å². The summed E-state index contributed by atoms with van der Waals surface area (Å²) in [5.41, 5.74) is 5.44. The van der Waals surface area contributed by atoms with Gasteiger partial charge in [0, 0.05) is 0 Å². The SMILES string of the molecule is CC.CCCCCCCCCCCCC.CCCCCCCCCCCCCN. The molecule has 0 fully saturated rings. The molecule has 0 bridgehead atoms. The molecule has 0 aromatic carbocycles. The van der Waals surface area contributed by atoms with Crippen LogP contribution < -0.4 is 5.73 Å². The zero-order chi connectivity index (χ0) is 22.3. The summed E-state index contributed by atoms with van der Waals surface area (Å²) in [6.07, 6.45) is 31.4. The molecule has 1 nitrogen and oxygen atoms in total. The van der Waals surface area contributed by atoms with E-state index in [4.69, 9.17) is 5.73 Å². The van der Waals surface area contributed by atoms with Gasteiger partial charge in [0.15, 0.2) is 0 Å². The first kappa shape index (κ1) is 33.6. The third kappa shape index (κ3) is 42.9. The van der Waals surface area contributed by atoms with Crippen molar-refractivity contribution in [2.75, 3.05) is 6.54 Å². The van der Waals surface area contributed by atoms with Gasteiger partial charge in [0.2, 0.25) is 0 Å². The number of hydrogen-bond acceptors (Lipinski definition) is 1. The molecular weight excluding hydrogens is 350 g/mol. The second-order valence-corrected chi connectivity index (χ2v) is 8.51. The van der Waals surface area contributed by atoms with Gasteiger partial charge in [-0.15, -0.1) is 0 Å². The average Bonchev–Trinajstić information content (AvgIpc) is 2.76. The van der Waals surface area contributed by atoms with Crippen LogP contribution in [0.4, 0.5) is 0 Å². The van der Waals surface area contributed by atoms with E-state index in [-0.39, 0.29) is 0 Å². The zero-order valence-electron chi connectivity index (χ0n) is 21.8. The molecule has 0 radical (unpaired) electrons. The highest BCUT2D eigenvalue weighted by atomic mass is 14.5. The number of rotatable bonds is 21. The number of unbranched alkanes of at least 4 members (excludes halogenated alkanes) is 20. The van der Waals surface area contributed by atoms with Gasteiger partial charge in [-0.1, -0.05) is 169 Å². The molecule has 2 N–H and O–H groups in total. The molecule has 0 amide bonds. The zero-order valence-corrected chi connectivity index (χ0v) is 21.8. The van der Waals surface area contributed by atoms with Crippen molar-refractivity contribution in [2.45, 2.75) is 176 Å². The summed E-state index contributed by atoms with van der Waals surface area (Å²) in [6, 6.07) is 0. The topological polar surface area (TPSA) is 26.0 Å². The van der Waals surface area contributed by atoms with Gasteiger partial charge < -0.3 is 5.73 Å². The van der Waals surface area contributed by atoms with Crippen LogP contribution in [0.15, 0.2) is 0 Å². The van der Waals surface area contributed by atoms with Crippen LogP contribution in [0, 0.1) is 0 Å². The lowest BCUT2D eigenvalue weighted by atomic mass is 10.1. The number of hydrogen-bond donors (Lipinski definition) is 1. The van der Waals surface area contributed by atoms with E-state index in [1.54, 1.807) is 0 Å². The van der Waals surface area contributed by atoms with E-state index in [1.807, 2.05) is 13.8 Å². The molecule has 29 heavy (non-hydrogen) atoms. The fraction of sp³-hybridized carbons (Fsp3) is 1.00. The minimum atomic E-state index is 0.872. The van der Waals surface area contributed by atoms with Gasteiger partial charge in [0.05, 0.1) is 0 Å². The smallest absolute Gasteiger partial charge is 0.00773 e. The van der Waals surface area contributed by atoms with Gasteiger partial charge in [-0.3, -0.25) is 0 Å². The predicted molar refractivity (Wildman–Crippen MR) is 139 cm³/mol. The first-order valence-electron chi connectivity index (χ1n) is 14.0. The molecule has 0 aromatic heterocycles. The van der Waals surface area contributed by atoms with Crippen molar-refractivity contribution < 1.29 is 0 Å². The predicted octanol–water partition coefficient (Wildman–Crippen LogP) is 10.6. The maximum atomic E-state index is 5.44. The summed E-state index contributed by atoms with van der Waals surface area (Å²) in [7, 11) is 0. The molecule has 0 spiro atoms. The molecule has 0 heterocycles. The van der Waals surface area contributed by atoms with E-state index >= 15 is 0 Å². The van der Waals surface area contributed by atoms with Crippen LogP contribution in [0.2, 0.25) is 0 Å². The molecule has 1 heteroatoms. The highest BCUT2D eigenvalue weighted by Gasteiger charge is 1.92. The van der Waals surface area contributed by atoms with E-state index < -0.39 is 0 Å².